The van der Waals surface area contributed by atoms with Crippen molar-refractivity contribution < 1.29 is 14.3 Å². The zero-order valence-corrected chi connectivity index (χ0v) is 17.0. The van der Waals surface area contributed by atoms with Crippen molar-refractivity contribution in [3.05, 3.63) is 90.1 Å². The molecule has 2 heterocycles. The molecule has 1 aliphatic rings. The fourth-order valence-electron chi connectivity index (χ4n) is 3.83. The number of nitrogens with zero attached hydrogens (tertiary/aromatic N) is 1. The Hall–Kier alpha value is -3.93. The first-order chi connectivity index (χ1) is 15.3. The van der Waals surface area contributed by atoms with Crippen molar-refractivity contribution in [3.8, 4) is 11.5 Å². The molecule has 1 aromatic heterocycles. The minimum Gasteiger partial charge on any atom is -0.454 e. The summed E-state index contributed by atoms with van der Waals surface area (Å²) >= 11 is 0. The van der Waals surface area contributed by atoms with Crippen LogP contribution in [0.4, 0.5) is 10.5 Å². The van der Waals surface area contributed by atoms with E-state index in [0.29, 0.717) is 13.1 Å². The molecule has 5 rings (SSSR count). The highest BCUT2D eigenvalue weighted by Crippen LogP contribution is 2.33. The number of benzene rings is 3. The van der Waals surface area contributed by atoms with Gasteiger partial charge < -0.3 is 24.7 Å². The summed E-state index contributed by atoms with van der Waals surface area (Å²) in [5.41, 5.74) is 4.06. The van der Waals surface area contributed by atoms with E-state index in [2.05, 4.69) is 22.4 Å². The lowest BCUT2D eigenvalue weighted by Gasteiger charge is -2.23. The number of hydrogen-bond acceptors (Lipinski definition) is 3. The molecule has 2 amide bonds. The maximum absolute atomic E-state index is 13.1. The lowest BCUT2D eigenvalue weighted by molar-refractivity contribution is 0.174. The molecule has 0 fully saturated rings. The second-order valence-electron chi connectivity index (χ2n) is 7.51. The van der Waals surface area contributed by atoms with Crippen LogP contribution in [0.1, 0.15) is 11.1 Å². The highest BCUT2D eigenvalue weighted by atomic mass is 16.7. The number of rotatable bonds is 6. The van der Waals surface area contributed by atoms with Crippen molar-refractivity contribution in [3.63, 3.8) is 0 Å². The summed E-state index contributed by atoms with van der Waals surface area (Å²) in [5.74, 6) is 1.46. The average Bonchev–Trinajstić information content (AvgIpc) is 3.44. The number of aromatic nitrogens is 1. The summed E-state index contributed by atoms with van der Waals surface area (Å²) in [5, 5.41) is 4.19. The van der Waals surface area contributed by atoms with Gasteiger partial charge in [0.15, 0.2) is 11.5 Å². The number of aromatic amines is 1. The van der Waals surface area contributed by atoms with E-state index in [1.807, 2.05) is 71.8 Å². The van der Waals surface area contributed by atoms with E-state index in [1.165, 1.54) is 10.9 Å². The van der Waals surface area contributed by atoms with Gasteiger partial charge in [0.05, 0.1) is 0 Å². The minimum absolute atomic E-state index is 0.135. The number of ether oxygens (including phenoxy) is 2. The molecule has 0 unspecified atom stereocenters. The molecule has 0 saturated heterocycles. The summed E-state index contributed by atoms with van der Waals surface area (Å²) < 4.78 is 10.9. The number of hydrogen-bond donors (Lipinski definition) is 2. The number of urea groups is 1. The second kappa shape index (κ2) is 8.44. The van der Waals surface area contributed by atoms with Crippen LogP contribution in [0.3, 0.4) is 0 Å². The molecule has 156 valence electrons. The third-order valence-electron chi connectivity index (χ3n) is 5.45. The average molecular weight is 413 g/mol. The van der Waals surface area contributed by atoms with Crippen LogP contribution in [0, 0.1) is 0 Å². The summed E-state index contributed by atoms with van der Waals surface area (Å²) in [6.45, 7) is 1.28. The van der Waals surface area contributed by atoms with E-state index in [1.54, 1.807) is 0 Å². The number of anilines is 1. The van der Waals surface area contributed by atoms with Gasteiger partial charge in [-0.15, -0.1) is 0 Å². The molecular weight excluding hydrogens is 390 g/mol. The van der Waals surface area contributed by atoms with Crippen LogP contribution in [-0.4, -0.2) is 29.3 Å². The molecule has 0 bridgehead atoms. The largest absolute Gasteiger partial charge is 0.454 e. The zero-order chi connectivity index (χ0) is 21.0. The van der Waals surface area contributed by atoms with E-state index < -0.39 is 0 Å². The molecule has 0 spiro atoms. The van der Waals surface area contributed by atoms with Crippen LogP contribution in [0.15, 0.2) is 79.0 Å². The van der Waals surface area contributed by atoms with Crippen LogP contribution in [-0.2, 0) is 13.0 Å². The van der Waals surface area contributed by atoms with Crippen molar-refractivity contribution in [2.75, 3.05) is 18.7 Å². The highest BCUT2D eigenvalue weighted by Gasteiger charge is 2.18. The lowest BCUT2D eigenvalue weighted by atomic mass is 10.1. The Bertz CT molecular complexity index is 1200. The van der Waals surface area contributed by atoms with E-state index >= 15 is 0 Å². The molecule has 0 atom stereocenters. The van der Waals surface area contributed by atoms with Crippen LogP contribution >= 0.6 is 0 Å². The molecule has 0 radical (unpaired) electrons. The molecule has 6 nitrogen and oxygen atoms in total. The molecule has 4 aromatic rings. The van der Waals surface area contributed by atoms with E-state index in [4.69, 9.17) is 9.47 Å². The van der Waals surface area contributed by atoms with Gasteiger partial charge in [-0.3, -0.25) is 0 Å². The van der Waals surface area contributed by atoms with Crippen LogP contribution in [0.5, 0.6) is 11.5 Å². The van der Waals surface area contributed by atoms with Gasteiger partial charge in [-0.05, 0) is 47.9 Å². The van der Waals surface area contributed by atoms with E-state index in [0.717, 1.165) is 34.7 Å². The van der Waals surface area contributed by atoms with Gasteiger partial charge in [-0.1, -0.05) is 42.5 Å². The molecular formula is C25H23N3O3. The predicted molar refractivity (Wildman–Crippen MR) is 120 cm³/mol. The number of amides is 2. The third kappa shape index (κ3) is 4.19. The number of nitrogens with one attached hydrogen (secondary N) is 2. The first-order valence-corrected chi connectivity index (χ1v) is 10.3. The Morgan fingerprint density at radius 1 is 0.968 bits per heavy atom. The maximum atomic E-state index is 13.1. The number of carbonyl (C=O) groups is 1. The molecule has 0 aliphatic carbocycles. The Morgan fingerprint density at radius 2 is 1.77 bits per heavy atom. The smallest absolute Gasteiger partial charge is 0.322 e. The normalized spacial score (nSPS) is 12.1. The number of carbonyl (C=O) groups excluding carboxylic acids is 1. The first-order valence-electron chi connectivity index (χ1n) is 10.3. The highest BCUT2D eigenvalue weighted by molar-refractivity contribution is 5.89. The van der Waals surface area contributed by atoms with Gasteiger partial charge in [0, 0.05) is 35.9 Å². The van der Waals surface area contributed by atoms with Crippen LogP contribution < -0.4 is 14.8 Å². The zero-order valence-electron chi connectivity index (χ0n) is 17.0. The van der Waals surface area contributed by atoms with Crippen LogP contribution in [0.25, 0.3) is 10.9 Å². The maximum Gasteiger partial charge on any atom is 0.322 e. The van der Waals surface area contributed by atoms with Gasteiger partial charge >= 0.3 is 6.03 Å². The van der Waals surface area contributed by atoms with E-state index in [-0.39, 0.29) is 12.8 Å². The fraction of sp³-hybridized carbons (Fsp3) is 0.160. The summed E-state index contributed by atoms with van der Waals surface area (Å²) in [4.78, 5) is 18.3. The van der Waals surface area contributed by atoms with Crippen molar-refractivity contribution in [1.29, 1.82) is 0 Å². The molecule has 1 aliphatic heterocycles. The monoisotopic (exact) mass is 413 g/mol. The predicted octanol–water partition coefficient (Wildman–Crippen LogP) is 5.17. The topological polar surface area (TPSA) is 66.6 Å². The Kier molecular flexibility index (Phi) is 5.19. The lowest BCUT2D eigenvalue weighted by Crippen LogP contribution is -2.36. The second-order valence-corrected chi connectivity index (χ2v) is 7.51. The molecule has 0 saturated carbocycles. The SMILES string of the molecule is O=C(Nc1ccccc1)N(CCc1c[nH]c2ccccc12)Cc1ccc2c(c1)OCO2. The summed E-state index contributed by atoms with van der Waals surface area (Å²) in [6.07, 6.45) is 2.77. The number of para-hydroxylation sites is 2. The van der Waals surface area contributed by atoms with Crippen molar-refractivity contribution in [2.45, 2.75) is 13.0 Å². The van der Waals surface area contributed by atoms with Gasteiger partial charge in [-0.25, -0.2) is 4.79 Å². The number of fused-ring (bicyclic) bond motifs is 2. The van der Waals surface area contributed by atoms with Crippen molar-refractivity contribution >= 4 is 22.6 Å². The van der Waals surface area contributed by atoms with Crippen molar-refractivity contribution in [2.24, 2.45) is 0 Å². The standard InChI is InChI=1S/C25H23N3O3/c29-25(27-20-6-2-1-3-7-20)28(16-18-10-11-23-24(14-18)31-17-30-23)13-12-19-15-26-22-9-5-4-8-21(19)22/h1-11,14-15,26H,12-13,16-17H2,(H,27,29). The fourth-order valence-corrected chi connectivity index (χ4v) is 3.83. The summed E-state index contributed by atoms with van der Waals surface area (Å²) in [6, 6.07) is 23.4. The van der Waals surface area contributed by atoms with Crippen molar-refractivity contribution in [1.82, 2.24) is 9.88 Å². The van der Waals surface area contributed by atoms with Gasteiger partial charge in [-0.2, -0.15) is 0 Å². The summed E-state index contributed by atoms with van der Waals surface area (Å²) in [7, 11) is 0. The minimum atomic E-state index is -0.135. The Labute approximate surface area is 180 Å². The van der Waals surface area contributed by atoms with E-state index in [9.17, 15) is 4.79 Å². The van der Waals surface area contributed by atoms with Gasteiger partial charge in [0.25, 0.3) is 0 Å². The number of H-pyrrole nitrogens is 1. The Balaban J connectivity index is 1.35. The van der Waals surface area contributed by atoms with Gasteiger partial charge in [0.2, 0.25) is 6.79 Å². The third-order valence-corrected chi connectivity index (χ3v) is 5.45. The quantitative estimate of drug-likeness (QED) is 0.458. The molecule has 3 aromatic carbocycles. The van der Waals surface area contributed by atoms with Gasteiger partial charge in [0.1, 0.15) is 0 Å². The Morgan fingerprint density at radius 3 is 2.68 bits per heavy atom. The molecule has 31 heavy (non-hydrogen) atoms. The van der Waals surface area contributed by atoms with Crippen LogP contribution in [0.2, 0.25) is 0 Å². The molecule has 6 heteroatoms. The molecule has 2 N–H and O–H groups in total. The first kappa shape index (κ1) is 19.1.